The zero-order valence-corrected chi connectivity index (χ0v) is 15.3. The summed E-state index contributed by atoms with van der Waals surface area (Å²) in [5.41, 5.74) is 0.0556. The van der Waals surface area contributed by atoms with Crippen LogP contribution in [0.4, 0.5) is 0 Å². The quantitative estimate of drug-likeness (QED) is 0.656. The monoisotopic (exact) mass is 359 g/mol. The third-order valence-electron chi connectivity index (χ3n) is 4.72. The molecule has 5 nitrogen and oxygen atoms in total. The van der Waals surface area contributed by atoms with Crippen molar-refractivity contribution in [2.24, 2.45) is 5.92 Å². The van der Waals surface area contributed by atoms with Gasteiger partial charge in [-0.25, -0.2) is 0 Å². The van der Waals surface area contributed by atoms with Crippen LogP contribution in [0.3, 0.4) is 0 Å². The number of nitrogens with one attached hydrogen (secondary N) is 1. The van der Waals surface area contributed by atoms with Gasteiger partial charge in [0.05, 0.1) is 19.1 Å². The first-order valence-electron chi connectivity index (χ1n) is 8.06. The minimum atomic E-state index is -0.892. The van der Waals surface area contributed by atoms with Gasteiger partial charge in [-0.3, -0.25) is 14.9 Å². The summed E-state index contributed by atoms with van der Waals surface area (Å²) in [5, 5.41) is 5.22. The van der Waals surface area contributed by atoms with Crippen molar-refractivity contribution in [2.45, 2.75) is 24.9 Å². The molecular weight excluding hydrogens is 338 g/mol. The standard InChI is InChI=1S/C19H21NO4S/c1-19(18(22)24-3)11-14(17(21)15-5-4-10-25-15)16(20-19)12-6-8-13(23-2)9-7-12/h4-10,14,16,20H,11H2,1-3H3/t14-,16-,19-/m1/s1. The van der Waals surface area contributed by atoms with Crippen molar-refractivity contribution in [1.82, 2.24) is 5.32 Å². The molecule has 3 rings (SSSR count). The van der Waals surface area contributed by atoms with Crippen molar-refractivity contribution in [3.63, 3.8) is 0 Å². The van der Waals surface area contributed by atoms with Gasteiger partial charge in [0.15, 0.2) is 5.78 Å². The predicted molar refractivity (Wildman–Crippen MR) is 96.0 cm³/mol. The van der Waals surface area contributed by atoms with Crippen LogP contribution >= 0.6 is 11.3 Å². The molecule has 1 aliphatic heterocycles. The van der Waals surface area contributed by atoms with Crippen molar-refractivity contribution < 1.29 is 19.1 Å². The molecule has 0 spiro atoms. The third-order valence-corrected chi connectivity index (χ3v) is 5.60. The summed E-state index contributed by atoms with van der Waals surface area (Å²) < 4.78 is 10.1. The average molecular weight is 359 g/mol. The Labute approximate surface area is 151 Å². The molecular formula is C19H21NO4S. The molecule has 1 N–H and O–H groups in total. The van der Waals surface area contributed by atoms with Crippen LogP contribution in [0.5, 0.6) is 5.75 Å². The van der Waals surface area contributed by atoms with Crippen LogP contribution in [0.2, 0.25) is 0 Å². The molecule has 6 heteroatoms. The lowest BCUT2D eigenvalue weighted by Gasteiger charge is -2.23. The fourth-order valence-corrected chi connectivity index (χ4v) is 4.13. The molecule has 1 saturated heterocycles. The summed E-state index contributed by atoms with van der Waals surface area (Å²) in [6, 6.07) is 11.0. The average Bonchev–Trinajstić information content (AvgIpc) is 3.29. The van der Waals surface area contributed by atoms with Crippen molar-refractivity contribution in [2.75, 3.05) is 14.2 Å². The van der Waals surface area contributed by atoms with Crippen molar-refractivity contribution in [1.29, 1.82) is 0 Å². The number of carbonyl (C=O) groups is 2. The van der Waals surface area contributed by atoms with Crippen LogP contribution in [-0.4, -0.2) is 31.5 Å². The SMILES string of the molecule is COC(=O)[C@@]1(C)C[C@@H](C(=O)c2cccs2)[C@@H](c2ccc(OC)cc2)N1. The lowest BCUT2D eigenvalue weighted by Crippen LogP contribution is -2.45. The van der Waals surface area contributed by atoms with E-state index in [4.69, 9.17) is 9.47 Å². The number of hydrogen-bond acceptors (Lipinski definition) is 6. The Hall–Kier alpha value is -2.18. The van der Waals surface area contributed by atoms with Gasteiger partial charge in [-0.2, -0.15) is 0 Å². The summed E-state index contributed by atoms with van der Waals surface area (Å²) in [7, 11) is 2.98. The molecule has 1 aromatic heterocycles. The second kappa shape index (κ2) is 6.98. The van der Waals surface area contributed by atoms with Gasteiger partial charge in [-0.1, -0.05) is 18.2 Å². The first kappa shape index (κ1) is 17.6. The fraction of sp³-hybridized carbons (Fsp3) is 0.368. The summed E-state index contributed by atoms with van der Waals surface area (Å²) in [5.74, 6) is 0.109. The molecule has 0 bridgehead atoms. The maximum Gasteiger partial charge on any atom is 0.325 e. The molecule has 3 atom stereocenters. The van der Waals surface area contributed by atoms with E-state index in [0.717, 1.165) is 11.3 Å². The highest BCUT2D eigenvalue weighted by molar-refractivity contribution is 7.12. The summed E-state index contributed by atoms with van der Waals surface area (Å²) in [6.07, 6.45) is 0.396. The van der Waals surface area contributed by atoms with Crippen LogP contribution in [0.25, 0.3) is 0 Å². The zero-order chi connectivity index (χ0) is 18.0. The molecule has 0 saturated carbocycles. The lowest BCUT2D eigenvalue weighted by molar-refractivity contribution is -0.147. The van der Waals surface area contributed by atoms with Crippen molar-refractivity contribution >= 4 is 23.1 Å². The van der Waals surface area contributed by atoms with Crippen LogP contribution in [0, 0.1) is 5.92 Å². The molecule has 2 aromatic rings. The van der Waals surface area contributed by atoms with E-state index in [-0.39, 0.29) is 23.7 Å². The smallest absolute Gasteiger partial charge is 0.325 e. The Kier molecular flexibility index (Phi) is 4.92. The number of rotatable bonds is 5. The molecule has 0 unspecified atom stereocenters. The highest BCUT2D eigenvalue weighted by Gasteiger charge is 2.50. The van der Waals surface area contributed by atoms with E-state index in [1.165, 1.54) is 18.4 Å². The number of carbonyl (C=O) groups excluding carboxylic acids is 2. The number of esters is 1. The molecule has 0 aliphatic carbocycles. The van der Waals surface area contributed by atoms with E-state index in [0.29, 0.717) is 11.3 Å². The highest BCUT2D eigenvalue weighted by Crippen LogP contribution is 2.41. The van der Waals surface area contributed by atoms with Crippen LogP contribution in [-0.2, 0) is 9.53 Å². The van der Waals surface area contributed by atoms with E-state index >= 15 is 0 Å². The van der Waals surface area contributed by atoms with E-state index in [9.17, 15) is 9.59 Å². The molecule has 0 amide bonds. The number of Topliss-reactive ketones (excluding diaryl/α,β-unsaturated/α-hetero) is 1. The number of thiophene rings is 1. The Morgan fingerprint density at radius 3 is 2.48 bits per heavy atom. The van der Waals surface area contributed by atoms with Gasteiger partial charge in [0.2, 0.25) is 0 Å². The molecule has 1 fully saturated rings. The topological polar surface area (TPSA) is 64.6 Å². The predicted octanol–water partition coefficient (Wildman–Crippen LogP) is 3.22. The second-order valence-corrected chi connectivity index (χ2v) is 7.32. The Bertz CT molecular complexity index is 756. The fourth-order valence-electron chi connectivity index (χ4n) is 3.40. The Balaban J connectivity index is 1.96. The summed E-state index contributed by atoms with van der Waals surface area (Å²) in [4.78, 5) is 26.0. The van der Waals surface area contributed by atoms with Crippen LogP contribution in [0.15, 0.2) is 41.8 Å². The highest BCUT2D eigenvalue weighted by atomic mass is 32.1. The normalized spacial score (nSPS) is 25.6. The minimum absolute atomic E-state index is 0.0518. The number of ether oxygens (including phenoxy) is 2. The van der Waals surface area contributed by atoms with Gasteiger partial charge in [0, 0.05) is 12.0 Å². The van der Waals surface area contributed by atoms with Gasteiger partial charge < -0.3 is 9.47 Å². The third kappa shape index (κ3) is 3.32. The largest absolute Gasteiger partial charge is 0.497 e. The summed E-state index contributed by atoms with van der Waals surface area (Å²) in [6.45, 7) is 1.79. The molecule has 2 heterocycles. The number of hydrogen-bond donors (Lipinski definition) is 1. The molecule has 0 radical (unpaired) electrons. The first-order valence-corrected chi connectivity index (χ1v) is 8.94. The van der Waals surface area contributed by atoms with Gasteiger partial charge in [-0.05, 0) is 42.5 Å². The molecule has 1 aromatic carbocycles. The maximum absolute atomic E-state index is 13.0. The maximum atomic E-state index is 13.0. The van der Waals surface area contributed by atoms with Gasteiger partial charge in [0.25, 0.3) is 0 Å². The van der Waals surface area contributed by atoms with Gasteiger partial charge in [-0.15, -0.1) is 11.3 Å². The molecule has 25 heavy (non-hydrogen) atoms. The first-order chi connectivity index (χ1) is 12.0. The van der Waals surface area contributed by atoms with Crippen molar-refractivity contribution in [3.8, 4) is 5.75 Å². The van der Waals surface area contributed by atoms with Gasteiger partial charge >= 0.3 is 5.97 Å². The minimum Gasteiger partial charge on any atom is -0.497 e. The lowest BCUT2D eigenvalue weighted by atomic mass is 9.86. The van der Waals surface area contributed by atoms with Gasteiger partial charge in [0.1, 0.15) is 11.3 Å². The second-order valence-electron chi connectivity index (χ2n) is 6.37. The van der Waals surface area contributed by atoms with E-state index < -0.39 is 5.54 Å². The summed E-state index contributed by atoms with van der Waals surface area (Å²) >= 11 is 1.42. The number of methoxy groups -OCH3 is 2. The van der Waals surface area contributed by atoms with Crippen LogP contribution < -0.4 is 10.1 Å². The van der Waals surface area contributed by atoms with Crippen molar-refractivity contribution in [3.05, 3.63) is 52.2 Å². The molecule has 132 valence electrons. The number of benzene rings is 1. The van der Waals surface area contributed by atoms with E-state index in [1.807, 2.05) is 41.8 Å². The number of ketones is 1. The Morgan fingerprint density at radius 2 is 1.92 bits per heavy atom. The molecule has 1 aliphatic rings. The Morgan fingerprint density at radius 1 is 1.20 bits per heavy atom. The zero-order valence-electron chi connectivity index (χ0n) is 14.4. The van der Waals surface area contributed by atoms with E-state index in [2.05, 4.69) is 5.32 Å². The van der Waals surface area contributed by atoms with E-state index in [1.54, 1.807) is 14.0 Å². The van der Waals surface area contributed by atoms with Crippen LogP contribution in [0.1, 0.15) is 34.6 Å².